The summed E-state index contributed by atoms with van der Waals surface area (Å²) < 4.78 is 2.48. The van der Waals surface area contributed by atoms with Crippen molar-refractivity contribution < 1.29 is 0 Å². The number of aromatic nitrogens is 3. The van der Waals surface area contributed by atoms with Gasteiger partial charge in [0, 0.05) is 17.3 Å². The van der Waals surface area contributed by atoms with Gasteiger partial charge in [0.2, 0.25) is 0 Å². The quantitative estimate of drug-likeness (QED) is 0.767. The van der Waals surface area contributed by atoms with Crippen molar-refractivity contribution in [1.29, 1.82) is 0 Å². The van der Waals surface area contributed by atoms with Crippen LogP contribution in [0, 0.1) is 6.92 Å². The highest BCUT2D eigenvalue weighted by Crippen LogP contribution is 2.15. The van der Waals surface area contributed by atoms with Crippen molar-refractivity contribution in [1.82, 2.24) is 14.8 Å². The summed E-state index contributed by atoms with van der Waals surface area (Å²) in [5.74, 6) is 0. The van der Waals surface area contributed by atoms with Crippen LogP contribution in [0.3, 0.4) is 0 Å². The molecule has 0 unspecified atom stereocenters. The Bertz CT molecular complexity index is 407. The number of aryl methyl sites for hydroxylation is 1. The largest absolute Gasteiger partial charge is 0.264 e. The third kappa shape index (κ3) is 1.89. The van der Waals surface area contributed by atoms with Crippen molar-refractivity contribution in [3.8, 4) is 0 Å². The molecule has 0 spiro atoms. The van der Waals surface area contributed by atoms with E-state index in [4.69, 9.17) is 11.6 Å². The second-order valence-corrected chi connectivity index (χ2v) is 4.16. The molecule has 68 valence electrons. The highest BCUT2D eigenvalue weighted by atomic mass is 35.5. The highest BCUT2D eigenvalue weighted by Gasteiger charge is 2.02. The van der Waals surface area contributed by atoms with Crippen LogP contribution in [-0.4, -0.2) is 14.8 Å². The minimum atomic E-state index is 0.583. The Morgan fingerprint density at radius 1 is 1.62 bits per heavy atom. The Morgan fingerprint density at radius 2 is 2.46 bits per heavy atom. The van der Waals surface area contributed by atoms with Crippen LogP contribution >= 0.6 is 22.9 Å². The Balaban J connectivity index is 2.19. The molecule has 3 nitrogen and oxygen atoms in total. The molecule has 0 bridgehead atoms. The normalized spacial score (nSPS) is 10.6. The standard InChI is InChI=1S/C8H8ClN3S/c1-6-2-3-10-12(6)4-7-5-13-8(9)11-7/h2-3,5H,4H2,1H3. The summed E-state index contributed by atoms with van der Waals surface area (Å²) in [4.78, 5) is 4.15. The molecule has 0 N–H and O–H groups in total. The number of hydrogen-bond acceptors (Lipinski definition) is 3. The van der Waals surface area contributed by atoms with E-state index in [2.05, 4.69) is 10.1 Å². The predicted molar refractivity (Wildman–Crippen MR) is 53.2 cm³/mol. The maximum Gasteiger partial charge on any atom is 0.183 e. The molecule has 2 rings (SSSR count). The maximum absolute atomic E-state index is 5.72. The Kier molecular flexibility index (Phi) is 2.33. The van der Waals surface area contributed by atoms with Gasteiger partial charge in [-0.05, 0) is 13.0 Å². The van der Waals surface area contributed by atoms with E-state index in [1.165, 1.54) is 11.3 Å². The molecule has 0 fully saturated rings. The van der Waals surface area contributed by atoms with E-state index in [9.17, 15) is 0 Å². The van der Waals surface area contributed by atoms with Crippen molar-refractivity contribution in [3.05, 3.63) is 33.5 Å². The van der Waals surface area contributed by atoms with Gasteiger partial charge in [0.05, 0.1) is 12.2 Å². The van der Waals surface area contributed by atoms with Gasteiger partial charge in [0.1, 0.15) is 0 Å². The molecule has 2 heterocycles. The molecular formula is C8H8ClN3S. The van der Waals surface area contributed by atoms with E-state index in [1.54, 1.807) is 6.20 Å². The molecule has 0 aliphatic rings. The lowest BCUT2D eigenvalue weighted by atomic mass is 10.4. The first kappa shape index (κ1) is 8.72. The first-order chi connectivity index (χ1) is 6.25. The summed E-state index contributed by atoms with van der Waals surface area (Å²) in [5.41, 5.74) is 2.09. The van der Waals surface area contributed by atoms with Crippen LogP contribution in [0.5, 0.6) is 0 Å². The Hall–Kier alpha value is -0.870. The van der Waals surface area contributed by atoms with Crippen LogP contribution in [0.15, 0.2) is 17.6 Å². The zero-order valence-electron chi connectivity index (χ0n) is 7.07. The minimum Gasteiger partial charge on any atom is -0.264 e. The summed E-state index contributed by atoms with van der Waals surface area (Å²) in [7, 11) is 0. The van der Waals surface area contributed by atoms with Gasteiger partial charge in [-0.15, -0.1) is 11.3 Å². The van der Waals surface area contributed by atoms with Gasteiger partial charge in [0.15, 0.2) is 4.47 Å². The molecule has 0 saturated heterocycles. The smallest absolute Gasteiger partial charge is 0.183 e. The minimum absolute atomic E-state index is 0.583. The fraction of sp³-hybridized carbons (Fsp3) is 0.250. The fourth-order valence-electron chi connectivity index (χ4n) is 1.07. The lowest BCUT2D eigenvalue weighted by Gasteiger charge is -1.99. The number of nitrogens with zero attached hydrogens (tertiary/aromatic N) is 3. The van der Waals surface area contributed by atoms with Gasteiger partial charge in [-0.1, -0.05) is 11.6 Å². The average molecular weight is 214 g/mol. The maximum atomic E-state index is 5.72. The summed E-state index contributed by atoms with van der Waals surface area (Å²) in [6.45, 7) is 2.71. The van der Waals surface area contributed by atoms with E-state index >= 15 is 0 Å². The number of thiazole rings is 1. The molecule has 0 radical (unpaired) electrons. The first-order valence-electron chi connectivity index (χ1n) is 3.84. The molecule has 0 atom stereocenters. The summed E-state index contributed by atoms with van der Waals surface area (Å²) in [6, 6.07) is 1.97. The third-order valence-electron chi connectivity index (χ3n) is 1.76. The van der Waals surface area contributed by atoms with Gasteiger partial charge in [-0.25, -0.2) is 4.98 Å². The van der Waals surface area contributed by atoms with Crippen molar-refractivity contribution >= 4 is 22.9 Å². The lowest BCUT2D eigenvalue weighted by molar-refractivity contribution is 0.655. The molecule has 0 amide bonds. The van der Waals surface area contributed by atoms with Gasteiger partial charge >= 0.3 is 0 Å². The van der Waals surface area contributed by atoms with Gasteiger partial charge in [-0.2, -0.15) is 5.10 Å². The molecule has 5 heteroatoms. The second kappa shape index (κ2) is 3.47. The molecule has 0 saturated carbocycles. The SMILES string of the molecule is Cc1ccnn1Cc1csc(Cl)n1. The Labute approximate surface area is 85.0 Å². The number of rotatable bonds is 2. The molecule has 0 aromatic carbocycles. The zero-order valence-corrected chi connectivity index (χ0v) is 8.64. The number of halogens is 1. The molecule has 13 heavy (non-hydrogen) atoms. The first-order valence-corrected chi connectivity index (χ1v) is 5.10. The van der Waals surface area contributed by atoms with Crippen LogP contribution in [0.1, 0.15) is 11.4 Å². The topological polar surface area (TPSA) is 30.7 Å². The molecule has 2 aromatic rings. The van der Waals surface area contributed by atoms with Crippen molar-refractivity contribution in [2.75, 3.05) is 0 Å². The zero-order chi connectivity index (χ0) is 9.26. The molecule has 2 aromatic heterocycles. The van der Waals surface area contributed by atoms with Gasteiger partial charge in [-0.3, -0.25) is 4.68 Å². The van der Waals surface area contributed by atoms with E-state index in [0.717, 1.165) is 11.4 Å². The van der Waals surface area contributed by atoms with Crippen molar-refractivity contribution in [3.63, 3.8) is 0 Å². The monoisotopic (exact) mass is 213 g/mol. The van der Waals surface area contributed by atoms with Crippen LogP contribution < -0.4 is 0 Å². The van der Waals surface area contributed by atoms with Gasteiger partial charge in [0.25, 0.3) is 0 Å². The molecule has 0 aliphatic heterocycles. The second-order valence-electron chi connectivity index (χ2n) is 2.72. The van der Waals surface area contributed by atoms with Crippen LogP contribution in [0.25, 0.3) is 0 Å². The lowest BCUT2D eigenvalue weighted by Crippen LogP contribution is -2.03. The van der Waals surface area contributed by atoms with Gasteiger partial charge < -0.3 is 0 Å². The molecular weight excluding hydrogens is 206 g/mol. The number of hydrogen-bond donors (Lipinski definition) is 0. The summed E-state index contributed by atoms with van der Waals surface area (Å²) >= 11 is 7.16. The van der Waals surface area contributed by atoms with Crippen molar-refractivity contribution in [2.24, 2.45) is 0 Å². The highest BCUT2D eigenvalue weighted by molar-refractivity contribution is 7.13. The van der Waals surface area contributed by atoms with E-state index in [0.29, 0.717) is 11.0 Å². The van der Waals surface area contributed by atoms with E-state index in [1.807, 2.05) is 23.1 Å². The van der Waals surface area contributed by atoms with Crippen molar-refractivity contribution in [2.45, 2.75) is 13.5 Å². The predicted octanol–water partition coefficient (Wildman–Crippen LogP) is 2.35. The Morgan fingerprint density at radius 3 is 3.00 bits per heavy atom. The van der Waals surface area contributed by atoms with E-state index < -0.39 is 0 Å². The summed E-state index contributed by atoms with van der Waals surface area (Å²) in [6.07, 6.45) is 1.78. The fourth-order valence-corrected chi connectivity index (χ4v) is 1.85. The van der Waals surface area contributed by atoms with E-state index in [-0.39, 0.29) is 0 Å². The van der Waals surface area contributed by atoms with Crippen LogP contribution in [0.2, 0.25) is 4.47 Å². The van der Waals surface area contributed by atoms with Crippen LogP contribution in [-0.2, 0) is 6.54 Å². The summed E-state index contributed by atoms with van der Waals surface area (Å²) in [5, 5.41) is 6.11. The average Bonchev–Trinajstić information content (AvgIpc) is 2.64. The molecule has 0 aliphatic carbocycles. The third-order valence-corrected chi connectivity index (χ3v) is 2.79. The van der Waals surface area contributed by atoms with Crippen LogP contribution in [0.4, 0.5) is 0 Å².